The fourth-order valence-corrected chi connectivity index (χ4v) is 1.53. The molecule has 0 aromatic heterocycles. The van der Waals surface area contributed by atoms with Gasteiger partial charge in [-0.25, -0.2) is 0 Å². The Bertz CT molecular complexity index is 411. The van der Waals surface area contributed by atoms with Gasteiger partial charge < -0.3 is 0 Å². The summed E-state index contributed by atoms with van der Waals surface area (Å²) in [5.41, 5.74) is 7.71. The maximum absolute atomic E-state index is 4.97. The van der Waals surface area contributed by atoms with E-state index in [0.29, 0.717) is 0 Å². The fourth-order valence-electron chi connectivity index (χ4n) is 1.53. The van der Waals surface area contributed by atoms with Crippen LogP contribution in [0.3, 0.4) is 0 Å². The number of nitrogens with zero attached hydrogens (tertiary/aromatic N) is 2. The number of hydrogen-bond acceptors (Lipinski definition) is 1. The van der Waals surface area contributed by atoms with Crippen LogP contribution in [0.1, 0.15) is 31.9 Å². The molecule has 17 heavy (non-hydrogen) atoms. The standard InChI is InChI=1S/C11H13N2.3ClH.Ti/c1-11(2,3)9-6-4-5-8-7-12-13-10(8)9;;;;/h4-7H,1-3H3;3*1H;/q;;;;+3/p-3. The van der Waals surface area contributed by atoms with Crippen LogP contribution in [-0.4, -0.2) is 6.21 Å². The molecular formula is C11H13Cl3N2Ti. The van der Waals surface area contributed by atoms with Crippen LogP contribution in [0, 0.1) is 0 Å². The summed E-state index contributed by atoms with van der Waals surface area (Å²) in [6.45, 7) is 6.57. The van der Waals surface area contributed by atoms with E-state index in [0.717, 1.165) is 11.3 Å². The van der Waals surface area contributed by atoms with Crippen molar-refractivity contribution < 1.29 is 14.7 Å². The molecule has 0 spiro atoms. The first kappa shape index (κ1) is 15.3. The summed E-state index contributed by atoms with van der Waals surface area (Å²) in [6, 6.07) is 6.23. The summed E-state index contributed by atoms with van der Waals surface area (Å²) in [6.07, 6.45) is 1.81. The molecule has 1 aromatic carbocycles. The summed E-state index contributed by atoms with van der Waals surface area (Å²) in [4.78, 5) is 0. The van der Waals surface area contributed by atoms with Crippen molar-refractivity contribution in [2.45, 2.75) is 26.2 Å². The average Bonchev–Trinajstić information content (AvgIpc) is 2.61. The third-order valence-electron chi connectivity index (χ3n) is 2.23. The van der Waals surface area contributed by atoms with Crippen molar-refractivity contribution in [1.82, 2.24) is 5.43 Å². The van der Waals surface area contributed by atoms with E-state index in [1.165, 1.54) is 5.56 Å². The fraction of sp³-hybridized carbons (Fsp3) is 0.364. The van der Waals surface area contributed by atoms with Crippen LogP contribution < -0.4 is 5.43 Å². The van der Waals surface area contributed by atoms with Gasteiger partial charge in [-0.15, -0.1) is 0 Å². The summed E-state index contributed by atoms with van der Waals surface area (Å²) in [5, 5.41) is 3.93. The Balaban J connectivity index is 0.000000317. The summed E-state index contributed by atoms with van der Waals surface area (Å²) >= 11 is -1.92. The Morgan fingerprint density at radius 2 is 1.71 bits per heavy atom. The van der Waals surface area contributed by atoms with Gasteiger partial charge >= 0.3 is 42.6 Å². The van der Waals surface area contributed by atoms with Gasteiger partial charge in [0.1, 0.15) is 0 Å². The average molecular weight is 327 g/mol. The molecule has 2 rings (SSSR count). The molecule has 0 unspecified atom stereocenters. The van der Waals surface area contributed by atoms with Crippen molar-refractivity contribution in [3.63, 3.8) is 0 Å². The van der Waals surface area contributed by atoms with E-state index in [-0.39, 0.29) is 5.41 Å². The van der Waals surface area contributed by atoms with E-state index in [9.17, 15) is 0 Å². The topological polar surface area (TPSA) is 26.5 Å². The molecule has 2 nitrogen and oxygen atoms in total. The van der Waals surface area contributed by atoms with Crippen molar-refractivity contribution in [2.24, 2.45) is 5.10 Å². The van der Waals surface area contributed by atoms with Crippen molar-refractivity contribution in [3.8, 4) is 0 Å². The SMILES string of the molecule is CC(C)(C)c1cccc2c1[N]N=C2.[Cl][Ti]([Cl])[Cl]. The Morgan fingerprint density at radius 1 is 1.12 bits per heavy atom. The molecule has 0 fully saturated rings. The molecule has 0 amide bonds. The zero-order valence-corrected chi connectivity index (χ0v) is 13.7. The van der Waals surface area contributed by atoms with E-state index in [2.05, 4.69) is 43.4 Å². The van der Waals surface area contributed by atoms with Gasteiger partial charge in [-0.2, -0.15) is 10.5 Å². The number of benzene rings is 1. The van der Waals surface area contributed by atoms with Crippen LogP contribution >= 0.6 is 27.9 Å². The molecular weight excluding hydrogens is 314 g/mol. The predicted octanol–water partition coefficient (Wildman–Crippen LogP) is 4.63. The second-order valence-corrected chi connectivity index (χ2v) is 12.3. The third-order valence-corrected chi connectivity index (χ3v) is 2.23. The second-order valence-electron chi connectivity index (χ2n) is 4.55. The van der Waals surface area contributed by atoms with Gasteiger partial charge in [-0.3, -0.25) is 0 Å². The molecule has 1 aliphatic rings. The first-order valence-corrected chi connectivity index (χ1v) is 11.5. The normalized spacial score (nSPS) is 12.4. The Hall–Kier alpha value is 0.274. The number of hydrogen-bond donors (Lipinski definition) is 0. The molecule has 0 bridgehead atoms. The predicted molar refractivity (Wildman–Crippen MR) is 72.1 cm³/mol. The Kier molecular flexibility index (Phi) is 5.81. The molecule has 1 radical (unpaired) electrons. The molecule has 0 atom stereocenters. The van der Waals surface area contributed by atoms with E-state index in [1.807, 2.05) is 12.3 Å². The Morgan fingerprint density at radius 3 is 2.24 bits per heavy atom. The van der Waals surface area contributed by atoms with Crippen LogP contribution in [0.15, 0.2) is 23.3 Å². The molecule has 1 aromatic rings. The molecule has 92 valence electrons. The van der Waals surface area contributed by atoms with Crippen molar-refractivity contribution in [2.75, 3.05) is 0 Å². The number of rotatable bonds is 0. The van der Waals surface area contributed by atoms with Gasteiger partial charge in [0.25, 0.3) is 0 Å². The van der Waals surface area contributed by atoms with Crippen LogP contribution in [0.4, 0.5) is 5.69 Å². The molecule has 1 heterocycles. The molecule has 0 aliphatic carbocycles. The van der Waals surface area contributed by atoms with Gasteiger partial charge in [-0.1, -0.05) is 39.0 Å². The molecule has 0 saturated carbocycles. The van der Waals surface area contributed by atoms with Crippen molar-refractivity contribution in [1.29, 1.82) is 0 Å². The number of halogens is 3. The second kappa shape index (κ2) is 6.44. The molecule has 0 N–H and O–H groups in total. The quantitative estimate of drug-likeness (QED) is 0.621. The van der Waals surface area contributed by atoms with Gasteiger partial charge in [-0.05, 0) is 11.0 Å². The molecule has 1 aliphatic heterocycles. The first-order valence-electron chi connectivity index (χ1n) is 5.03. The summed E-state index contributed by atoms with van der Waals surface area (Å²) < 4.78 is 0. The summed E-state index contributed by atoms with van der Waals surface area (Å²) in [5.74, 6) is 0. The molecule has 6 heteroatoms. The van der Waals surface area contributed by atoms with E-state index in [4.69, 9.17) is 27.9 Å². The maximum atomic E-state index is 4.97. The van der Waals surface area contributed by atoms with Gasteiger partial charge in [0.05, 0.1) is 11.9 Å². The minimum atomic E-state index is -1.92. The van der Waals surface area contributed by atoms with E-state index < -0.39 is 14.7 Å². The third kappa shape index (κ3) is 4.80. The van der Waals surface area contributed by atoms with Gasteiger partial charge in [0.15, 0.2) is 0 Å². The van der Waals surface area contributed by atoms with Crippen LogP contribution in [0.5, 0.6) is 0 Å². The zero-order valence-electron chi connectivity index (χ0n) is 9.84. The van der Waals surface area contributed by atoms with Crippen molar-refractivity contribution in [3.05, 3.63) is 29.3 Å². The van der Waals surface area contributed by atoms with Crippen LogP contribution in [0.2, 0.25) is 0 Å². The van der Waals surface area contributed by atoms with E-state index in [1.54, 1.807) is 0 Å². The van der Waals surface area contributed by atoms with Crippen LogP contribution in [-0.2, 0) is 20.1 Å². The summed E-state index contributed by atoms with van der Waals surface area (Å²) in [7, 11) is 14.9. The monoisotopic (exact) mass is 326 g/mol. The van der Waals surface area contributed by atoms with Gasteiger partial charge in [0, 0.05) is 5.56 Å². The van der Waals surface area contributed by atoms with Crippen molar-refractivity contribution >= 4 is 39.8 Å². The van der Waals surface area contributed by atoms with E-state index >= 15 is 0 Å². The molecule has 0 saturated heterocycles. The van der Waals surface area contributed by atoms with Gasteiger partial charge in [0.2, 0.25) is 0 Å². The minimum absolute atomic E-state index is 0.141. The van der Waals surface area contributed by atoms with Crippen LogP contribution in [0.25, 0.3) is 0 Å². The zero-order chi connectivity index (χ0) is 13.1. The Labute approximate surface area is 120 Å². The number of fused-ring (bicyclic) bond motifs is 1. The first-order chi connectivity index (χ1) is 7.82.